The molecule has 0 aliphatic carbocycles. The van der Waals surface area contributed by atoms with Crippen LogP contribution in [0.4, 0.5) is 0 Å². The van der Waals surface area contributed by atoms with Gasteiger partial charge in [0.05, 0.1) is 23.7 Å². The maximum atomic E-state index is 10.9. The summed E-state index contributed by atoms with van der Waals surface area (Å²) in [6.45, 7) is 1.81. The number of sulfone groups is 1. The van der Waals surface area contributed by atoms with Gasteiger partial charge in [0.15, 0.2) is 0 Å². The van der Waals surface area contributed by atoms with Crippen LogP contribution in [0.5, 0.6) is 0 Å². The molecular weight excluding hydrogens is 228 g/mol. The van der Waals surface area contributed by atoms with Crippen LogP contribution in [-0.4, -0.2) is 35.5 Å². The highest BCUT2D eigenvalue weighted by Gasteiger charge is 2.11. The van der Waals surface area contributed by atoms with Gasteiger partial charge in [0.1, 0.15) is 9.84 Å². The third-order valence-corrected chi connectivity index (χ3v) is 3.17. The second-order valence-electron chi connectivity index (χ2n) is 3.87. The molecule has 1 N–H and O–H groups in total. The second kappa shape index (κ2) is 5.36. The van der Waals surface area contributed by atoms with E-state index in [1.54, 1.807) is 6.20 Å². The Hall–Kier alpha value is -1.01. The Morgan fingerprint density at radius 3 is 2.56 bits per heavy atom. The fourth-order valence-electron chi connectivity index (χ4n) is 1.26. The average Bonchev–Trinajstić information content (AvgIpc) is 2.16. The molecule has 0 aliphatic heterocycles. The van der Waals surface area contributed by atoms with Crippen LogP contribution < -0.4 is 0 Å². The minimum atomic E-state index is -2.96. The summed E-state index contributed by atoms with van der Waals surface area (Å²) in [6.07, 6.45) is 4.34. The van der Waals surface area contributed by atoms with E-state index >= 15 is 0 Å². The molecular formula is C10H16N2O3S. The van der Waals surface area contributed by atoms with Gasteiger partial charge in [0.2, 0.25) is 0 Å². The summed E-state index contributed by atoms with van der Waals surface area (Å²) in [5, 5.41) is 9.71. The van der Waals surface area contributed by atoms with Gasteiger partial charge in [-0.15, -0.1) is 0 Å². The smallest absolute Gasteiger partial charge is 0.147 e. The predicted octanol–water partition coefficient (Wildman–Crippen LogP) is 0.643. The molecule has 1 rings (SSSR count). The molecule has 1 aromatic rings. The van der Waals surface area contributed by atoms with Crippen LogP contribution in [0.25, 0.3) is 0 Å². The van der Waals surface area contributed by atoms with Gasteiger partial charge in [0, 0.05) is 18.2 Å². The lowest BCUT2D eigenvalue weighted by Gasteiger charge is -2.08. The first-order valence-corrected chi connectivity index (χ1v) is 7.09. The van der Waals surface area contributed by atoms with Crippen molar-refractivity contribution < 1.29 is 13.5 Å². The standard InChI is InChI=1S/C10H16N2O3S/c1-8-6-12-9(7-11-8)10(13)4-3-5-16(2,14)15/h6-7,10,13H,3-5H2,1-2H3. The fourth-order valence-corrected chi connectivity index (χ4v) is 1.95. The molecule has 16 heavy (non-hydrogen) atoms. The summed E-state index contributed by atoms with van der Waals surface area (Å²) in [5.74, 6) is 0.0867. The summed E-state index contributed by atoms with van der Waals surface area (Å²) in [5.41, 5.74) is 1.27. The van der Waals surface area contributed by atoms with E-state index in [-0.39, 0.29) is 5.75 Å². The van der Waals surface area contributed by atoms with Crippen LogP contribution in [0.2, 0.25) is 0 Å². The quantitative estimate of drug-likeness (QED) is 0.822. The summed E-state index contributed by atoms with van der Waals surface area (Å²) in [7, 11) is -2.96. The number of nitrogens with zero attached hydrogens (tertiary/aromatic N) is 2. The largest absolute Gasteiger partial charge is 0.387 e. The van der Waals surface area contributed by atoms with Crippen molar-refractivity contribution in [1.82, 2.24) is 9.97 Å². The number of aromatic nitrogens is 2. The lowest BCUT2D eigenvalue weighted by molar-refractivity contribution is 0.161. The molecule has 90 valence electrons. The fraction of sp³-hybridized carbons (Fsp3) is 0.600. The maximum Gasteiger partial charge on any atom is 0.147 e. The third-order valence-electron chi connectivity index (χ3n) is 2.14. The summed E-state index contributed by atoms with van der Waals surface area (Å²) in [4.78, 5) is 8.05. The first-order valence-electron chi connectivity index (χ1n) is 5.03. The molecule has 0 aromatic carbocycles. The monoisotopic (exact) mass is 244 g/mol. The van der Waals surface area contributed by atoms with Gasteiger partial charge in [-0.3, -0.25) is 9.97 Å². The molecule has 0 saturated carbocycles. The van der Waals surface area contributed by atoms with E-state index in [4.69, 9.17) is 0 Å². The molecule has 1 unspecified atom stereocenters. The summed E-state index contributed by atoms with van der Waals surface area (Å²) >= 11 is 0. The zero-order valence-corrected chi connectivity index (χ0v) is 10.2. The van der Waals surface area contributed by atoms with Crippen molar-refractivity contribution in [2.45, 2.75) is 25.9 Å². The van der Waals surface area contributed by atoms with Gasteiger partial charge in [-0.25, -0.2) is 8.42 Å². The van der Waals surface area contributed by atoms with E-state index in [0.717, 1.165) is 5.69 Å². The van der Waals surface area contributed by atoms with Gasteiger partial charge in [-0.1, -0.05) is 0 Å². The Bertz CT molecular complexity index is 428. The van der Waals surface area contributed by atoms with Gasteiger partial charge in [-0.05, 0) is 19.8 Å². The van der Waals surface area contributed by atoms with Crippen LogP contribution >= 0.6 is 0 Å². The minimum Gasteiger partial charge on any atom is -0.387 e. The molecule has 0 fully saturated rings. The van der Waals surface area contributed by atoms with Gasteiger partial charge in [0.25, 0.3) is 0 Å². The Morgan fingerprint density at radius 2 is 2.06 bits per heavy atom. The molecule has 0 bridgehead atoms. The van der Waals surface area contributed by atoms with Crippen LogP contribution in [0.15, 0.2) is 12.4 Å². The molecule has 5 nitrogen and oxygen atoms in total. The van der Waals surface area contributed by atoms with Gasteiger partial charge < -0.3 is 5.11 Å². The number of rotatable bonds is 5. The third kappa shape index (κ3) is 4.67. The van der Waals surface area contributed by atoms with Crippen molar-refractivity contribution >= 4 is 9.84 Å². The van der Waals surface area contributed by atoms with E-state index in [1.165, 1.54) is 12.5 Å². The topological polar surface area (TPSA) is 80.2 Å². The molecule has 0 aliphatic rings. The van der Waals surface area contributed by atoms with Crippen molar-refractivity contribution in [2.75, 3.05) is 12.0 Å². The highest BCUT2D eigenvalue weighted by Crippen LogP contribution is 2.15. The SMILES string of the molecule is Cc1cnc(C(O)CCCS(C)(=O)=O)cn1. The molecule has 0 spiro atoms. The maximum absolute atomic E-state index is 10.9. The summed E-state index contributed by atoms with van der Waals surface area (Å²) < 4.78 is 21.8. The number of aliphatic hydroxyl groups is 1. The van der Waals surface area contributed by atoms with Crippen molar-refractivity contribution in [3.63, 3.8) is 0 Å². The highest BCUT2D eigenvalue weighted by molar-refractivity contribution is 7.90. The Morgan fingerprint density at radius 1 is 1.38 bits per heavy atom. The lowest BCUT2D eigenvalue weighted by atomic mass is 10.1. The van der Waals surface area contributed by atoms with Crippen molar-refractivity contribution in [3.8, 4) is 0 Å². The molecule has 0 radical (unpaired) electrons. The average molecular weight is 244 g/mol. The van der Waals surface area contributed by atoms with Gasteiger partial charge in [-0.2, -0.15) is 0 Å². The van der Waals surface area contributed by atoms with E-state index < -0.39 is 15.9 Å². The van der Waals surface area contributed by atoms with Crippen LogP contribution in [0.3, 0.4) is 0 Å². The molecule has 1 aromatic heterocycles. The Kier molecular flexibility index (Phi) is 4.37. The van der Waals surface area contributed by atoms with Crippen molar-refractivity contribution in [3.05, 3.63) is 23.8 Å². The van der Waals surface area contributed by atoms with E-state index in [1.807, 2.05) is 6.92 Å². The number of aryl methyl sites for hydroxylation is 1. The Labute approximate surface area is 95.5 Å². The molecule has 6 heteroatoms. The Balaban J connectivity index is 2.47. The number of hydrogen-bond donors (Lipinski definition) is 1. The van der Waals surface area contributed by atoms with Crippen molar-refractivity contribution in [2.24, 2.45) is 0 Å². The molecule has 1 atom stereocenters. The summed E-state index contributed by atoms with van der Waals surface area (Å²) in [6, 6.07) is 0. The van der Waals surface area contributed by atoms with E-state index in [2.05, 4.69) is 9.97 Å². The molecule has 0 saturated heterocycles. The molecule has 0 amide bonds. The zero-order valence-electron chi connectivity index (χ0n) is 9.42. The van der Waals surface area contributed by atoms with E-state index in [9.17, 15) is 13.5 Å². The van der Waals surface area contributed by atoms with Crippen LogP contribution in [0, 0.1) is 6.92 Å². The van der Waals surface area contributed by atoms with Crippen LogP contribution in [-0.2, 0) is 9.84 Å². The normalized spacial score (nSPS) is 13.7. The zero-order chi connectivity index (χ0) is 12.2. The second-order valence-corrected chi connectivity index (χ2v) is 6.13. The molecule has 1 heterocycles. The van der Waals surface area contributed by atoms with E-state index in [0.29, 0.717) is 18.5 Å². The van der Waals surface area contributed by atoms with Crippen molar-refractivity contribution in [1.29, 1.82) is 0 Å². The first kappa shape index (κ1) is 13.1. The van der Waals surface area contributed by atoms with Crippen LogP contribution in [0.1, 0.15) is 30.3 Å². The number of aliphatic hydroxyl groups excluding tert-OH is 1. The van der Waals surface area contributed by atoms with Gasteiger partial charge >= 0.3 is 0 Å². The number of hydrogen-bond acceptors (Lipinski definition) is 5. The first-order chi connectivity index (χ1) is 7.38. The highest BCUT2D eigenvalue weighted by atomic mass is 32.2. The predicted molar refractivity (Wildman–Crippen MR) is 60.7 cm³/mol. The minimum absolute atomic E-state index is 0.0867. The lowest BCUT2D eigenvalue weighted by Crippen LogP contribution is -2.07.